The molecule has 3 aromatic carbocycles. The number of benzene rings is 3. The Hall–Kier alpha value is -3.48. The number of aliphatic hydroxyl groups is 1. The number of rotatable bonds is 10. The molecule has 1 atom stereocenters. The Labute approximate surface area is 206 Å². The molecule has 1 N–H and O–H groups in total. The van der Waals surface area contributed by atoms with Crippen LogP contribution in [-0.2, 0) is 6.54 Å². The van der Waals surface area contributed by atoms with E-state index in [1.165, 1.54) is 12.1 Å². The Balaban J connectivity index is 1.70. The third kappa shape index (κ3) is 6.35. The molecule has 182 valence electrons. The molecule has 0 radical (unpaired) electrons. The van der Waals surface area contributed by atoms with Crippen LogP contribution in [0.2, 0.25) is 0 Å². The first-order chi connectivity index (χ1) is 16.9. The van der Waals surface area contributed by atoms with Gasteiger partial charge in [-0.2, -0.15) is 5.10 Å². The van der Waals surface area contributed by atoms with Gasteiger partial charge in [-0.25, -0.2) is 9.07 Å². The zero-order valence-corrected chi connectivity index (χ0v) is 20.4. The molecule has 0 saturated heterocycles. The van der Waals surface area contributed by atoms with Gasteiger partial charge in [0.25, 0.3) is 0 Å². The number of nitrogens with zero attached hydrogens (tertiary/aromatic N) is 3. The van der Waals surface area contributed by atoms with Gasteiger partial charge < -0.3 is 9.84 Å². The Morgan fingerprint density at radius 2 is 1.63 bits per heavy atom. The Bertz CT molecular complexity index is 1230. The van der Waals surface area contributed by atoms with Crippen molar-refractivity contribution in [2.45, 2.75) is 33.4 Å². The number of halogens is 1. The second kappa shape index (κ2) is 11.3. The highest BCUT2D eigenvalue weighted by molar-refractivity contribution is 5.43. The minimum absolute atomic E-state index is 0.362. The summed E-state index contributed by atoms with van der Waals surface area (Å²) in [6.07, 6.45) is -0.619. The van der Waals surface area contributed by atoms with Crippen molar-refractivity contribution in [1.29, 1.82) is 0 Å². The second-order valence-corrected chi connectivity index (χ2v) is 9.19. The fourth-order valence-corrected chi connectivity index (χ4v) is 4.18. The van der Waals surface area contributed by atoms with Gasteiger partial charge in [-0.15, -0.1) is 0 Å². The van der Waals surface area contributed by atoms with Crippen LogP contribution >= 0.6 is 0 Å². The topological polar surface area (TPSA) is 50.5 Å². The first-order valence-electron chi connectivity index (χ1n) is 11.9. The van der Waals surface area contributed by atoms with Crippen LogP contribution in [0.3, 0.4) is 0 Å². The summed E-state index contributed by atoms with van der Waals surface area (Å²) in [5, 5.41) is 15.7. The van der Waals surface area contributed by atoms with E-state index in [-0.39, 0.29) is 5.82 Å². The number of para-hydroxylation sites is 1. The molecule has 1 unspecified atom stereocenters. The summed E-state index contributed by atoms with van der Waals surface area (Å²) in [5.74, 6) is 0.985. The molecule has 1 aromatic heterocycles. The lowest BCUT2D eigenvalue weighted by Gasteiger charge is -2.27. The van der Waals surface area contributed by atoms with Crippen molar-refractivity contribution >= 4 is 0 Å². The lowest BCUT2D eigenvalue weighted by Crippen LogP contribution is -2.32. The van der Waals surface area contributed by atoms with Crippen molar-refractivity contribution in [1.82, 2.24) is 14.7 Å². The fourth-order valence-electron chi connectivity index (χ4n) is 4.18. The zero-order chi connectivity index (χ0) is 24.8. The number of aliphatic hydroxyl groups excluding tert-OH is 1. The van der Waals surface area contributed by atoms with Crippen molar-refractivity contribution in [3.05, 3.63) is 108 Å². The summed E-state index contributed by atoms with van der Waals surface area (Å²) in [4.78, 5) is 2.22. The molecule has 0 spiro atoms. The quantitative estimate of drug-likeness (QED) is 0.294. The Morgan fingerprint density at radius 1 is 0.943 bits per heavy atom. The van der Waals surface area contributed by atoms with Gasteiger partial charge in [0.05, 0.1) is 23.0 Å². The van der Waals surface area contributed by atoms with Gasteiger partial charge in [-0.3, -0.25) is 4.90 Å². The van der Waals surface area contributed by atoms with E-state index in [0.717, 1.165) is 29.1 Å². The largest absolute Gasteiger partial charge is 0.438 e. The predicted molar refractivity (Wildman–Crippen MR) is 136 cm³/mol. The molecule has 0 aliphatic heterocycles. The molecular formula is C29H32FN3O2. The molecule has 0 fully saturated rings. The number of aryl methyl sites for hydroxylation is 1. The summed E-state index contributed by atoms with van der Waals surface area (Å²) in [5.41, 5.74) is 3.46. The van der Waals surface area contributed by atoms with Gasteiger partial charge in [-0.05, 0) is 42.7 Å². The minimum Gasteiger partial charge on any atom is -0.438 e. The molecule has 0 saturated carbocycles. The van der Waals surface area contributed by atoms with Crippen molar-refractivity contribution in [2.75, 3.05) is 13.1 Å². The average Bonchev–Trinajstić information content (AvgIpc) is 3.14. The predicted octanol–water partition coefficient (Wildman–Crippen LogP) is 6.30. The lowest BCUT2D eigenvalue weighted by atomic mass is 10.1. The van der Waals surface area contributed by atoms with Crippen molar-refractivity contribution in [2.24, 2.45) is 5.92 Å². The highest BCUT2D eigenvalue weighted by atomic mass is 19.1. The molecule has 0 aliphatic carbocycles. The SMILES string of the molecule is Cc1nn(-c2ccccc2)c(Oc2cccc(F)c2)c1CN(CC(C)C)CC(O)c1ccccc1. The summed E-state index contributed by atoms with van der Waals surface area (Å²) in [7, 11) is 0. The Morgan fingerprint density at radius 3 is 2.29 bits per heavy atom. The number of hydrogen-bond acceptors (Lipinski definition) is 4. The third-order valence-corrected chi connectivity index (χ3v) is 5.77. The van der Waals surface area contributed by atoms with Crippen LogP contribution < -0.4 is 4.74 Å². The van der Waals surface area contributed by atoms with Crippen LogP contribution in [0, 0.1) is 18.7 Å². The first kappa shape index (κ1) is 24.6. The standard InChI is InChI=1S/C29H32FN3O2/c1-21(2)18-32(20-28(34)23-11-6-4-7-12-23)19-27-22(3)31-33(25-14-8-5-9-15-25)29(27)35-26-16-10-13-24(30)17-26/h4-17,21,28,34H,18-20H2,1-3H3. The smallest absolute Gasteiger partial charge is 0.227 e. The molecule has 6 heteroatoms. The zero-order valence-electron chi connectivity index (χ0n) is 20.4. The molecule has 35 heavy (non-hydrogen) atoms. The van der Waals surface area contributed by atoms with Crippen molar-refractivity contribution in [3.63, 3.8) is 0 Å². The molecular weight excluding hydrogens is 441 g/mol. The van der Waals surface area contributed by atoms with Crippen LogP contribution in [0.5, 0.6) is 11.6 Å². The van der Waals surface area contributed by atoms with E-state index in [9.17, 15) is 9.50 Å². The highest BCUT2D eigenvalue weighted by Gasteiger charge is 2.23. The third-order valence-electron chi connectivity index (χ3n) is 5.77. The van der Waals surface area contributed by atoms with E-state index in [4.69, 9.17) is 9.84 Å². The first-order valence-corrected chi connectivity index (χ1v) is 11.9. The van der Waals surface area contributed by atoms with Gasteiger partial charge in [0, 0.05) is 25.7 Å². The monoisotopic (exact) mass is 473 g/mol. The molecule has 4 aromatic rings. The number of ether oxygens (including phenoxy) is 1. The van der Waals surface area contributed by atoms with E-state index >= 15 is 0 Å². The van der Waals surface area contributed by atoms with Gasteiger partial charge in [0.1, 0.15) is 11.6 Å². The van der Waals surface area contributed by atoms with E-state index < -0.39 is 6.10 Å². The maximum absolute atomic E-state index is 13.9. The summed E-state index contributed by atoms with van der Waals surface area (Å²) < 4.78 is 21.9. The lowest BCUT2D eigenvalue weighted by molar-refractivity contribution is 0.101. The molecule has 4 rings (SSSR count). The van der Waals surface area contributed by atoms with Crippen LogP contribution in [0.15, 0.2) is 84.9 Å². The maximum Gasteiger partial charge on any atom is 0.227 e. The van der Waals surface area contributed by atoms with E-state index in [1.807, 2.05) is 67.6 Å². The van der Waals surface area contributed by atoms with Crippen LogP contribution in [-0.4, -0.2) is 32.9 Å². The van der Waals surface area contributed by atoms with E-state index in [0.29, 0.717) is 30.6 Å². The molecule has 0 aliphatic rings. The van der Waals surface area contributed by atoms with Gasteiger partial charge >= 0.3 is 0 Å². The normalized spacial score (nSPS) is 12.3. The number of hydrogen-bond donors (Lipinski definition) is 1. The summed E-state index contributed by atoms with van der Waals surface area (Å²) in [6.45, 7) is 8.06. The van der Waals surface area contributed by atoms with Gasteiger partial charge in [0.2, 0.25) is 5.88 Å². The molecule has 0 amide bonds. The van der Waals surface area contributed by atoms with Crippen LogP contribution in [0.25, 0.3) is 5.69 Å². The molecule has 1 heterocycles. The van der Waals surface area contributed by atoms with Crippen LogP contribution in [0.4, 0.5) is 4.39 Å². The Kier molecular flexibility index (Phi) is 7.95. The average molecular weight is 474 g/mol. The maximum atomic E-state index is 13.9. The second-order valence-electron chi connectivity index (χ2n) is 9.19. The van der Waals surface area contributed by atoms with Gasteiger partial charge in [-0.1, -0.05) is 68.4 Å². The van der Waals surface area contributed by atoms with Gasteiger partial charge in [0.15, 0.2) is 0 Å². The molecule has 5 nitrogen and oxygen atoms in total. The van der Waals surface area contributed by atoms with E-state index in [2.05, 4.69) is 18.7 Å². The number of aromatic nitrogens is 2. The van der Waals surface area contributed by atoms with Crippen LogP contribution in [0.1, 0.15) is 36.8 Å². The van der Waals surface area contributed by atoms with Crippen molar-refractivity contribution < 1.29 is 14.2 Å². The summed E-state index contributed by atoms with van der Waals surface area (Å²) in [6, 6.07) is 25.6. The van der Waals surface area contributed by atoms with Crippen molar-refractivity contribution in [3.8, 4) is 17.3 Å². The molecule has 0 bridgehead atoms. The fraction of sp³-hybridized carbons (Fsp3) is 0.276. The minimum atomic E-state index is -0.619. The van der Waals surface area contributed by atoms with E-state index in [1.54, 1.807) is 16.8 Å². The summed E-state index contributed by atoms with van der Waals surface area (Å²) >= 11 is 0. The highest BCUT2D eigenvalue weighted by Crippen LogP contribution is 2.32.